The molecule has 0 radical (unpaired) electrons. The fourth-order valence-electron chi connectivity index (χ4n) is 3.16. The Balaban J connectivity index is 1.93. The van der Waals surface area contributed by atoms with Crippen molar-refractivity contribution in [1.29, 1.82) is 5.41 Å². The van der Waals surface area contributed by atoms with Gasteiger partial charge >= 0.3 is 0 Å². The van der Waals surface area contributed by atoms with Gasteiger partial charge in [0.2, 0.25) is 5.91 Å². The highest BCUT2D eigenvalue weighted by Gasteiger charge is 2.36. The zero-order chi connectivity index (χ0) is 21.6. The molecule has 1 saturated heterocycles. The molecule has 5 N–H and O–H groups in total. The van der Waals surface area contributed by atoms with E-state index in [1.54, 1.807) is 22.4 Å². The molecule has 11 heteroatoms. The summed E-state index contributed by atoms with van der Waals surface area (Å²) in [7, 11) is 0. The van der Waals surface area contributed by atoms with Crippen LogP contribution in [-0.2, 0) is 9.59 Å². The van der Waals surface area contributed by atoms with Gasteiger partial charge in [-0.15, -0.1) is 11.3 Å². The highest BCUT2D eigenvalue weighted by molar-refractivity contribution is 7.12. The summed E-state index contributed by atoms with van der Waals surface area (Å²) in [6.07, 6.45) is -1.35. The monoisotopic (exact) mass is 425 g/mol. The van der Waals surface area contributed by atoms with Crippen molar-refractivity contribution < 1.29 is 24.7 Å². The maximum Gasteiger partial charge on any atom is 0.272 e. The Morgan fingerprint density at radius 3 is 2.34 bits per heavy atom. The Kier molecular flexibility index (Phi) is 8.11. The molecule has 0 aromatic carbocycles. The van der Waals surface area contributed by atoms with Crippen LogP contribution in [0.5, 0.6) is 0 Å². The van der Waals surface area contributed by atoms with Crippen molar-refractivity contribution in [1.82, 2.24) is 20.6 Å². The van der Waals surface area contributed by atoms with E-state index in [1.807, 2.05) is 13.8 Å². The minimum Gasteiger partial charge on any atom is -0.382 e. The second kappa shape index (κ2) is 10.3. The molecule has 1 fully saturated rings. The van der Waals surface area contributed by atoms with E-state index in [0.717, 1.165) is 0 Å². The lowest BCUT2D eigenvalue weighted by Gasteiger charge is -2.38. The van der Waals surface area contributed by atoms with Gasteiger partial charge in [0.05, 0.1) is 10.8 Å². The lowest BCUT2D eigenvalue weighted by Crippen LogP contribution is -2.56. The molecule has 0 bridgehead atoms. The summed E-state index contributed by atoms with van der Waals surface area (Å²) < 4.78 is 0. The first-order valence-electron chi connectivity index (χ1n) is 9.33. The number of piperazine rings is 1. The van der Waals surface area contributed by atoms with Crippen molar-refractivity contribution in [3.05, 3.63) is 22.4 Å². The van der Waals surface area contributed by atoms with Gasteiger partial charge in [0.15, 0.2) is 5.96 Å². The number of guanidine groups is 1. The number of carbonyl (C=O) groups excluding carboxylic acids is 3. The van der Waals surface area contributed by atoms with Crippen molar-refractivity contribution in [2.45, 2.75) is 26.4 Å². The molecular formula is C18H27N5O5S. The third-order valence-electron chi connectivity index (χ3n) is 4.69. The fraction of sp³-hybridized carbons (Fsp3) is 0.556. The lowest BCUT2D eigenvalue weighted by atomic mass is 9.90. The zero-order valence-electron chi connectivity index (χ0n) is 16.4. The summed E-state index contributed by atoms with van der Waals surface area (Å²) >= 11 is 1.28. The van der Waals surface area contributed by atoms with Crippen molar-refractivity contribution in [2.75, 3.05) is 26.2 Å². The molecule has 10 nitrogen and oxygen atoms in total. The first kappa shape index (κ1) is 22.8. The maximum absolute atomic E-state index is 12.9. The molecule has 29 heavy (non-hydrogen) atoms. The van der Waals surface area contributed by atoms with E-state index < -0.39 is 17.9 Å². The van der Waals surface area contributed by atoms with Crippen LogP contribution in [-0.4, -0.2) is 76.1 Å². The third-order valence-corrected chi connectivity index (χ3v) is 5.56. The Labute approximate surface area is 173 Å². The molecule has 2 rings (SSSR count). The lowest BCUT2D eigenvalue weighted by molar-refractivity contribution is -0.151. The summed E-state index contributed by atoms with van der Waals surface area (Å²) in [5, 5.41) is 31.3. The Morgan fingerprint density at radius 1 is 1.21 bits per heavy atom. The summed E-state index contributed by atoms with van der Waals surface area (Å²) in [5.41, 5.74) is 1.39. The van der Waals surface area contributed by atoms with Crippen LogP contribution < -0.4 is 10.8 Å². The van der Waals surface area contributed by atoms with Crippen LogP contribution in [0.3, 0.4) is 0 Å². The molecule has 160 valence electrons. The summed E-state index contributed by atoms with van der Waals surface area (Å²) in [4.78, 5) is 40.2. The number of nitrogens with zero attached hydrogens (tertiary/aromatic N) is 2. The van der Waals surface area contributed by atoms with Crippen molar-refractivity contribution in [3.63, 3.8) is 0 Å². The number of rotatable bonds is 6. The Hall–Kier alpha value is -2.50. The topological polar surface area (TPSA) is 146 Å². The fourth-order valence-corrected chi connectivity index (χ4v) is 3.78. The van der Waals surface area contributed by atoms with Crippen molar-refractivity contribution in [3.8, 4) is 0 Å². The van der Waals surface area contributed by atoms with E-state index in [-0.39, 0.29) is 36.8 Å². The Bertz CT molecular complexity index is 731. The molecule has 1 aromatic rings. The van der Waals surface area contributed by atoms with E-state index in [1.165, 1.54) is 21.7 Å². The van der Waals surface area contributed by atoms with Crippen LogP contribution in [0, 0.1) is 17.2 Å². The quantitative estimate of drug-likeness (QED) is 0.189. The molecule has 1 aromatic heterocycles. The standard InChI is InChI=1S/C18H27N5O5S/c1-11(2)10-12(14(24)16(26)21-28)17(27)22-5-7-23(8-6-22)18(19)20-15(25)13-4-3-9-29-13/h3-4,9,11-12,14,24,28H,5-8,10H2,1-2H3,(H,21,26)(H2,19,20,25)/t12-,14?/m0/s1. The molecule has 1 unspecified atom stereocenters. The minimum absolute atomic E-state index is 0.0334. The van der Waals surface area contributed by atoms with E-state index in [9.17, 15) is 19.5 Å². The van der Waals surface area contributed by atoms with Crippen LogP contribution in [0.2, 0.25) is 0 Å². The number of thiophene rings is 1. The van der Waals surface area contributed by atoms with Gasteiger partial charge in [-0.25, -0.2) is 5.48 Å². The summed E-state index contributed by atoms with van der Waals surface area (Å²) in [6.45, 7) is 5.01. The summed E-state index contributed by atoms with van der Waals surface area (Å²) in [5.74, 6) is -2.67. The van der Waals surface area contributed by atoms with E-state index in [4.69, 9.17) is 10.6 Å². The number of amides is 3. The maximum atomic E-state index is 12.9. The number of carbonyl (C=O) groups is 3. The first-order valence-corrected chi connectivity index (χ1v) is 10.2. The van der Waals surface area contributed by atoms with Crippen molar-refractivity contribution >= 4 is 35.0 Å². The van der Waals surface area contributed by atoms with Gasteiger partial charge in [-0.05, 0) is 23.8 Å². The first-order chi connectivity index (χ1) is 13.7. The normalized spacial score (nSPS) is 16.3. The highest BCUT2D eigenvalue weighted by Crippen LogP contribution is 2.20. The van der Waals surface area contributed by atoms with Gasteiger partial charge in [0.1, 0.15) is 6.10 Å². The van der Waals surface area contributed by atoms with Gasteiger partial charge in [-0.2, -0.15) is 0 Å². The van der Waals surface area contributed by atoms with E-state index >= 15 is 0 Å². The van der Waals surface area contributed by atoms with Crippen LogP contribution in [0.1, 0.15) is 29.9 Å². The molecule has 2 atom stereocenters. The highest BCUT2D eigenvalue weighted by atomic mass is 32.1. The van der Waals surface area contributed by atoms with Gasteiger partial charge in [-0.1, -0.05) is 19.9 Å². The molecule has 0 aliphatic carbocycles. The second-order valence-corrected chi connectivity index (χ2v) is 8.20. The van der Waals surface area contributed by atoms with Gasteiger partial charge in [0.25, 0.3) is 11.8 Å². The average Bonchev–Trinajstić information content (AvgIpc) is 3.25. The number of hydrogen-bond donors (Lipinski definition) is 5. The second-order valence-electron chi connectivity index (χ2n) is 7.25. The minimum atomic E-state index is -1.64. The van der Waals surface area contributed by atoms with Gasteiger partial charge in [0, 0.05) is 26.2 Å². The number of hydroxylamine groups is 1. The molecule has 0 saturated carbocycles. The molecule has 1 aliphatic heterocycles. The average molecular weight is 426 g/mol. The molecule has 3 amide bonds. The van der Waals surface area contributed by atoms with Crippen LogP contribution in [0.25, 0.3) is 0 Å². The van der Waals surface area contributed by atoms with E-state index in [0.29, 0.717) is 24.4 Å². The number of hydrogen-bond acceptors (Lipinski definition) is 7. The zero-order valence-corrected chi connectivity index (χ0v) is 17.2. The third kappa shape index (κ3) is 5.99. The summed E-state index contributed by atoms with van der Waals surface area (Å²) in [6, 6.07) is 3.43. The molecule has 0 spiro atoms. The molecule has 1 aliphatic rings. The van der Waals surface area contributed by atoms with Gasteiger partial charge in [-0.3, -0.25) is 30.3 Å². The predicted octanol–water partition coefficient (Wildman–Crippen LogP) is 0.0855. The van der Waals surface area contributed by atoms with Gasteiger partial charge < -0.3 is 14.9 Å². The van der Waals surface area contributed by atoms with Crippen molar-refractivity contribution in [2.24, 2.45) is 11.8 Å². The van der Waals surface area contributed by atoms with Crippen LogP contribution >= 0.6 is 11.3 Å². The smallest absolute Gasteiger partial charge is 0.272 e. The number of aliphatic hydroxyl groups excluding tert-OH is 1. The van der Waals surface area contributed by atoms with Crippen LogP contribution in [0.4, 0.5) is 0 Å². The number of nitrogens with one attached hydrogen (secondary N) is 3. The Morgan fingerprint density at radius 2 is 1.83 bits per heavy atom. The molecular weight excluding hydrogens is 398 g/mol. The molecule has 2 heterocycles. The number of aliphatic hydroxyl groups is 1. The SMILES string of the molecule is CC(C)C[C@H](C(=O)N1CCN(C(=N)NC(=O)c2cccs2)CC1)C(O)C(=O)NO. The predicted molar refractivity (Wildman–Crippen MR) is 107 cm³/mol. The van der Waals surface area contributed by atoms with Crippen LogP contribution in [0.15, 0.2) is 17.5 Å². The van der Waals surface area contributed by atoms with E-state index in [2.05, 4.69) is 5.32 Å². The largest absolute Gasteiger partial charge is 0.382 e.